The van der Waals surface area contributed by atoms with E-state index in [2.05, 4.69) is 40.7 Å². The molecule has 0 aromatic heterocycles. The molecule has 0 amide bonds. The van der Waals surface area contributed by atoms with Crippen LogP contribution in [0, 0.1) is 46.3 Å². The Morgan fingerprint density at radius 2 is 1.62 bits per heavy atom. The molecule has 0 bridgehead atoms. The van der Waals surface area contributed by atoms with Crippen molar-refractivity contribution < 1.29 is 19.1 Å². The molecule has 6 heteroatoms. The maximum absolute atomic E-state index is 12.7. The second-order valence-electron chi connectivity index (χ2n) is 16.2. The van der Waals surface area contributed by atoms with E-state index in [-0.39, 0.29) is 42.9 Å². The van der Waals surface area contributed by atoms with Gasteiger partial charge in [-0.15, -0.1) is 0 Å². The largest absolute Gasteiger partial charge is 0.462 e. The molecule has 6 nitrogen and oxygen atoms in total. The second-order valence-corrected chi connectivity index (χ2v) is 16.2. The third-order valence-corrected chi connectivity index (χ3v) is 12.8. The molecule has 0 heterocycles. The number of benzene rings is 1. The fourth-order valence-electron chi connectivity index (χ4n) is 10.4. The number of hydrogen-bond acceptors (Lipinski definition) is 6. The Bertz CT molecular complexity index is 1220. The maximum atomic E-state index is 12.7. The van der Waals surface area contributed by atoms with Gasteiger partial charge in [0.25, 0.3) is 0 Å². The number of nitrogens with two attached hydrogens (primary N) is 2. The first kappa shape index (κ1) is 33.9. The number of rotatable bonds is 12. The molecule has 0 radical (unpaired) electrons. The summed E-state index contributed by atoms with van der Waals surface area (Å²) in [5.74, 6) is 4.41. The number of carbonyl (C=O) groups is 2. The zero-order valence-corrected chi connectivity index (χ0v) is 28.7. The van der Waals surface area contributed by atoms with Crippen molar-refractivity contribution in [2.45, 2.75) is 137 Å². The van der Waals surface area contributed by atoms with Crippen LogP contribution in [0.1, 0.15) is 130 Å². The van der Waals surface area contributed by atoms with Crippen LogP contribution in [0.15, 0.2) is 29.8 Å². The lowest BCUT2D eigenvalue weighted by atomic mass is 9.47. The van der Waals surface area contributed by atoms with Crippen LogP contribution in [0.2, 0.25) is 0 Å². The normalized spacial score (nSPS) is 33.0. The van der Waals surface area contributed by atoms with E-state index in [1.807, 2.05) is 0 Å². The molecule has 3 fully saturated rings. The van der Waals surface area contributed by atoms with Crippen molar-refractivity contribution in [2.24, 2.45) is 46.3 Å². The number of carbonyl (C=O) groups excluding carboxylic acids is 2. The predicted octanol–water partition coefficient (Wildman–Crippen LogP) is 9.02. The number of nitrogen functional groups attached to an aromatic ring is 2. The topological polar surface area (TPSA) is 105 Å². The van der Waals surface area contributed by atoms with Gasteiger partial charge in [0.05, 0.1) is 0 Å². The third-order valence-electron chi connectivity index (χ3n) is 12.8. The first-order chi connectivity index (χ1) is 21.4. The average molecular weight is 621 g/mol. The smallest absolute Gasteiger partial charge is 0.306 e. The van der Waals surface area contributed by atoms with Gasteiger partial charge >= 0.3 is 11.9 Å². The van der Waals surface area contributed by atoms with E-state index in [9.17, 15) is 9.59 Å². The highest BCUT2D eigenvalue weighted by Gasteiger charge is 2.59. The Hall–Kier alpha value is -2.50. The van der Waals surface area contributed by atoms with Crippen LogP contribution in [-0.4, -0.2) is 18.0 Å². The molecule has 3 saturated carbocycles. The van der Waals surface area contributed by atoms with Gasteiger partial charge in [-0.05, 0) is 121 Å². The van der Waals surface area contributed by atoms with Crippen molar-refractivity contribution in [2.75, 3.05) is 11.5 Å². The number of allylic oxidation sites excluding steroid dienone is 1. The van der Waals surface area contributed by atoms with E-state index >= 15 is 0 Å². The number of esters is 2. The molecule has 4 aliphatic carbocycles. The lowest BCUT2D eigenvalue weighted by molar-refractivity contribution is -0.152. The fraction of sp³-hybridized carbons (Fsp3) is 0.744. The van der Waals surface area contributed by atoms with Crippen molar-refractivity contribution in [1.82, 2.24) is 0 Å². The van der Waals surface area contributed by atoms with Gasteiger partial charge in [0, 0.05) is 30.6 Å². The average Bonchev–Trinajstić information content (AvgIpc) is 3.33. The van der Waals surface area contributed by atoms with Crippen LogP contribution < -0.4 is 11.5 Å². The molecule has 1 aromatic carbocycles. The molecule has 250 valence electrons. The molecular weight excluding hydrogens is 560 g/mol. The number of anilines is 2. The van der Waals surface area contributed by atoms with Crippen molar-refractivity contribution in [3.63, 3.8) is 0 Å². The Morgan fingerprint density at radius 3 is 2.36 bits per heavy atom. The van der Waals surface area contributed by atoms with E-state index < -0.39 is 0 Å². The first-order valence-electron chi connectivity index (χ1n) is 18.1. The fourth-order valence-corrected chi connectivity index (χ4v) is 10.4. The Kier molecular flexibility index (Phi) is 10.6. The summed E-state index contributed by atoms with van der Waals surface area (Å²) in [6.07, 6.45) is 17.2. The van der Waals surface area contributed by atoms with Gasteiger partial charge in [-0.25, -0.2) is 0 Å². The van der Waals surface area contributed by atoms with Gasteiger partial charge in [-0.1, -0.05) is 65.5 Å². The minimum atomic E-state index is -0.336. The molecule has 1 aromatic rings. The standard InChI is InChI=1S/C39H60N2O4/c1-25(2)8-6-9-26(3)33-14-15-34-32-13-12-28-22-31(16-18-38(28,4)35(32)17-19-39(33,34)5)45-37(43)11-7-10-36(42)44-24-27-20-29(40)23-30(41)21-27/h12,20-21,23,25-26,31-35H,6-11,13-19,22,24,40-41H2,1-5H3. The summed E-state index contributed by atoms with van der Waals surface area (Å²) in [6.45, 7) is 12.6. The van der Waals surface area contributed by atoms with Crippen LogP contribution in [-0.2, 0) is 25.7 Å². The maximum Gasteiger partial charge on any atom is 0.306 e. The predicted molar refractivity (Wildman–Crippen MR) is 182 cm³/mol. The van der Waals surface area contributed by atoms with Crippen molar-refractivity contribution in [3.05, 3.63) is 35.4 Å². The van der Waals surface area contributed by atoms with Crippen LogP contribution in [0.5, 0.6) is 0 Å². The summed E-state index contributed by atoms with van der Waals surface area (Å²) in [7, 11) is 0. The minimum absolute atomic E-state index is 0.0502. The Morgan fingerprint density at radius 1 is 0.889 bits per heavy atom. The van der Waals surface area contributed by atoms with Crippen LogP contribution in [0.3, 0.4) is 0 Å². The highest BCUT2D eigenvalue weighted by Crippen LogP contribution is 2.67. The summed E-state index contributed by atoms with van der Waals surface area (Å²) in [5, 5.41) is 0. The zero-order valence-electron chi connectivity index (χ0n) is 28.7. The molecule has 0 aliphatic heterocycles. The molecular formula is C39H60N2O4. The van der Waals surface area contributed by atoms with Crippen molar-refractivity contribution in [1.29, 1.82) is 0 Å². The molecule has 0 saturated heterocycles. The van der Waals surface area contributed by atoms with E-state index in [1.165, 1.54) is 51.4 Å². The van der Waals surface area contributed by atoms with E-state index in [0.29, 0.717) is 23.2 Å². The lowest BCUT2D eigenvalue weighted by Crippen LogP contribution is -2.51. The minimum Gasteiger partial charge on any atom is -0.462 e. The Labute approximate surface area is 272 Å². The molecule has 5 rings (SSSR count). The van der Waals surface area contributed by atoms with Crippen LogP contribution >= 0.6 is 0 Å². The summed E-state index contributed by atoms with van der Waals surface area (Å²) in [4.78, 5) is 25.0. The SMILES string of the molecule is CC(C)CCCC(C)C1CCC2C3CC=C4CC(OC(=O)CCCC(=O)OCc5cc(N)cc(N)c5)CCC4(C)C3CCC12C. The monoisotopic (exact) mass is 620 g/mol. The number of fused-ring (bicyclic) bond motifs is 5. The summed E-state index contributed by atoms with van der Waals surface area (Å²) in [6, 6.07) is 5.15. The Balaban J connectivity index is 1.08. The third kappa shape index (κ3) is 7.57. The van der Waals surface area contributed by atoms with Gasteiger partial charge in [-0.3, -0.25) is 9.59 Å². The van der Waals surface area contributed by atoms with Gasteiger partial charge in [-0.2, -0.15) is 0 Å². The van der Waals surface area contributed by atoms with Crippen LogP contribution in [0.25, 0.3) is 0 Å². The molecule has 4 aliphatic rings. The summed E-state index contributed by atoms with van der Waals surface area (Å²) in [5.41, 5.74) is 15.7. The molecule has 45 heavy (non-hydrogen) atoms. The molecule has 0 spiro atoms. The first-order valence-corrected chi connectivity index (χ1v) is 18.1. The van der Waals surface area contributed by atoms with Crippen molar-refractivity contribution in [3.8, 4) is 0 Å². The zero-order chi connectivity index (χ0) is 32.4. The number of hydrogen-bond donors (Lipinski definition) is 2. The van der Waals surface area contributed by atoms with E-state index in [4.69, 9.17) is 20.9 Å². The van der Waals surface area contributed by atoms with Gasteiger partial charge in [0.15, 0.2) is 0 Å². The second kappa shape index (κ2) is 14.1. The molecule has 8 atom stereocenters. The highest BCUT2D eigenvalue weighted by molar-refractivity contribution is 5.72. The molecule has 8 unspecified atom stereocenters. The quantitative estimate of drug-likeness (QED) is 0.137. The van der Waals surface area contributed by atoms with E-state index in [0.717, 1.165) is 60.3 Å². The highest BCUT2D eigenvalue weighted by atomic mass is 16.5. The van der Waals surface area contributed by atoms with Gasteiger partial charge in [0.2, 0.25) is 0 Å². The van der Waals surface area contributed by atoms with Gasteiger partial charge in [0.1, 0.15) is 12.7 Å². The van der Waals surface area contributed by atoms with Gasteiger partial charge < -0.3 is 20.9 Å². The van der Waals surface area contributed by atoms with E-state index in [1.54, 1.807) is 23.8 Å². The summed E-state index contributed by atoms with van der Waals surface area (Å²) < 4.78 is 11.3. The van der Waals surface area contributed by atoms with Crippen LogP contribution in [0.4, 0.5) is 11.4 Å². The summed E-state index contributed by atoms with van der Waals surface area (Å²) >= 11 is 0. The van der Waals surface area contributed by atoms with Crippen molar-refractivity contribution >= 4 is 23.3 Å². The lowest BCUT2D eigenvalue weighted by Gasteiger charge is -2.58. The number of ether oxygens (including phenoxy) is 2. The molecule has 4 N–H and O–H groups in total.